The smallest absolute Gasteiger partial charge is 0.231 e. The van der Waals surface area contributed by atoms with Crippen molar-refractivity contribution < 1.29 is 14.3 Å². The molecule has 0 bridgehead atoms. The second-order valence-corrected chi connectivity index (χ2v) is 9.17. The highest BCUT2D eigenvalue weighted by Gasteiger charge is 2.33. The Kier molecular flexibility index (Phi) is 5.61. The fourth-order valence-corrected chi connectivity index (χ4v) is 4.63. The zero-order valence-electron chi connectivity index (χ0n) is 18.9. The van der Waals surface area contributed by atoms with Crippen molar-refractivity contribution in [2.75, 3.05) is 6.73 Å². The first-order chi connectivity index (χ1) is 17.1. The zero-order chi connectivity index (χ0) is 23.8. The molecule has 0 aromatic heterocycles. The summed E-state index contributed by atoms with van der Waals surface area (Å²) < 4.78 is 12.1. The Bertz CT molecular complexity index is 1430. The van der Waals surface area contributed by atoms with Gasteiger partial charge in [-0.05, 0) is 52.6 Å². The van der Waals surface area contributed by atoms with E-state index in [1.165, 1.54) is 0 Å². The van der Waals surface area contributed by atoms with Gasteiger partial charge in [-0.1, -0.05) is 78.3 Å². The molecule has 0 N–H and O–H groups in total. The normalized spacial score (nSPS) is 15.9. The van der Waals surface area contributed by atoms with Gasteiger partial charge in [-0.25, -0.2) is 0 Å². The van der Waals surface area contributed by atoms with Crippen molar-refractivity contribution in [2.45, 2.75) is 13.1 Å². The summed E-state index contributed by atoms with van der Waals surface area (Å²) in [5.41, 5.74) is 5.82. The lowest BCUT2D eigenvalue weighted by molar-refractivity contribution is 0.0873. The number of benzene rings is 4. The SMILES string of the molecule is O=C1/C(=C/c2ccc(-c3ccccc3)cc2)Oc2c1ccc1c2CN(Cc2ccc(Cl)cc2)CO1. The lowest BCUT2D eigenvalue weighted by atomic mass is 10.0. The Morgan fingerprint density at radius 2 is 1.60 bits per heavy atom. The molecule has 2 aliphatic rings. The molecule has 0 amide bonds. The maximum atomic E-state index is 13.1. The number of hydrogen-bond acceptors (Lipinski definition) is 4. The molecular weight excluding hydrogens is 458 g/mol. The zero-order valence-corrected chi connectivity index (χ0v) is 19.7. The predicted octanol–water partition coefficient (Wildman–Crippen LogP) is 6.98. The number of carbonyl (C=O) groups excluding carboxylic acids is 1. The molecule has 0 fully saturated rings. The minimum Gasteiger partial charge on any atom is -0.478 e. The molecule has 0 atom stereocenters. The summed E-state index contributed by atoms with van der Waals surface area (Å²) in [5.74, 6) is 1.58. The Labute approximate surface area is 209 Å². The van der Waals surface area contributed by atoms with E-state index < -0.39 is 0 Å². The number of rotatable bonds is 4. The van der Waals surface area contributed by atoms with E-state index in [1.54, 1.807) is 12.1 Å². The van der Waals surface area contributed by atoms with Gasteiger partial charge in [0.05, 0.1) is 11.1 Å². The molecule has 0 spiro atoms. The van der Waals surface area contributed by atoms with Gasteiger partial charge >= 0.3 is 0 Å². The Morgan fingerprint density at radius 1 is 0.857 bits per heavy atom. The summed E-state index contributed by atoms with van der Waals surface area (Å²) in [6.45, 7) is 1.82. The topological polar surface area (TPSA) is 38.8 Å². The molecular formula is C30H22ClNO3. The van der Waals surface area contributed by atoms with Gasteiger partial charge in [0.1, 0.15) is 18.2 Å². The predicted molar refractivity (Wildman–Crippen MR) is 137 cm³/mol. The first kappa shape index (κ1) is 21.7. The van der Waals surface area contributed by atoms with Crippen molar-refractivity contribution in [1.29, 1.82) is 0 Å². The standard InChI is InChI=1S/C30H22ClNO3/c31-24-12-8-21(9-13-24)17-32-18-26-27(34-19-32)15-14-25-29(33)28(35-30(25)26)16-20-6-10-23(11-7-20)22-4-2-1-3-5-22/h1-16H,17-19H2/b28-16-. The van der Waals surface area contributed by atoms with E-state index in [0.29, 0.717) is 41.9 Å². The number of ketones is 1. The van der Waals surface area contributed by atoms with Crippen molar-refractivity contribution >= 4 is 23.5 Å². The summed E-state index contributed by atoms with van der Waals surface area (Å²) in [7, 11) is 0. The van der Waals surface area contributed by atoms with Gasteiger partial charge in [0, 0.05) is 18.1 Å². The van der Waals surface area contributed by atoms with Crippen molar-refractivity contribution in [3.63, 3.8) is 0 Å². The maximum absolute atomic E-state index is 13.1. The van der Waals surface area contributed by atoms with Crippen LogP contribution >= 0.6 is 11.6 Å². The van der Waals surface area contributed by atoms with Crippen LogP contribution in [0.15, 0.2) is 96.8 Å². The molecule has 6 rings (SSSR count). The van der Waals surface area contributed by atoms with Crippen molar-refractivity contribution in [3.8, 4) is 22.6 Å². The van der Waals surface area contributed by atoms with Crippen LogP contribution in [0.2, 0.25) is 5.02 Å². The fourth-order valence-electron chi connectivity index (χ4n) is 4.51. The van der Waals surface area contributed by atoms with E-state index in [4.69, 9.17) is 21.1 Å². The number of fused-ring (bicyclic) bond motifs is 3. The number of allylic oxidation sites excluding steroid dienone is 1. The third-order valence-corrected chi connectivity index (χ3v) is 6.57. The molecule has 172 valence electrons. The molecule has 4 nitrogen and oxygen atoms in total. The maximum Gasteiger partial charge on any atom is 0.231 e. The van der Waals surface area contributed by atoms with Crippen LogP contribution in [0, 0.1) is 0 Å². The molecule has 0 radical (unpaired) electrons. The molecule has 4 aromatic rings. The third kappa shape index (κ3) is 4.34. The van der Waals surface area contributed by atoms with E-state index in [-0.39, 0.29) is 5.78 Å². The second kappa shape index (κ2) is 9.06. The van der Waals surface area contributed by atoms with E-state index in [9.17, 15) is 4.79 Å². The highest BCUT2D eigenvalue weighted by Crippen LogP contribution is 2.42. The Hall–Kier alpha value is -3.86. The van der Waals surface area contributed by atoms with E-state index in [1.807, 2.05) is 60.7 Å². The average Bonchev–Trinajstić information content (AvgIpc) is 3.22. The first-order valence-corrected chi connectivity index (χ1v) is 11.9. The van der Waals surface area contributed by atoms with Crippen LogP contribution in [0.3, 0.4) is 0 Å². The Balaban J connectivity index is 1.23. The number of ether oxygens (including phenoxy) is 2. The van der Waals surface area contributed by atoms with Crippen LogP contribution in [-0.2, 0) is 13.1 Å². The summed E-state index contributed by atoms with van der Waals surface area (Å²) in [6, 6.07) is 29.8. The highest BCUT2D eigenvalue weighted by molar-refractivity contribution is 6.30. The molecule has 0 unspecified atom stereocenters. The number of nitrogens with zero attached hydrogens (tertiary/aromatic N) is 1. The van der Waals surface area contributed by atoms with Crippen LogP contribution in [0.1, 0.15) is 27.0 Å². The second-order valence-electron chi connectivity index (χ2n) is 8.73. The average molecular weight is 480 g/mol. The molecule has 0 aliphatic carbocycles. The number of carbonyl (C=O) groups is 1. The van der Waals surface area contributed by atoms with E-state index >= 15 is 0 Å². The van der Waals surface area contributed by atoms with Gasteiger partial charge in [-0.2, -0.15) is 0 Å². The first-order valence-electron chi connectivity index (χ1n) is 11.5. The lowest BCUT2D eigenvalue weighted by Crippen LogP contribution is -2.31. The van der Waals surface area contributed by atoms with Crippen LogP contribution in [0.25, 0.3) is 17.2 Å². The van der Waals surface area contributed by atoms with Crippen molar-refractivity contribution in [1.82, 2.24) is 4.90 Å². The molecule has 4 aromatic carbocycles. The van der Waals surface area contributed by atoms with Gasteiger partial charge in [0.15, 0.2) is 5.76 Å². The van der Waals surface area contributed by atoms with Gasteiger partial charge < -0.3 is 9.47 Å². The lowest BCUT2D eigenvalue weighted by Gasteiger charge is -2.29. The Morgan fingerprint density at radius 3 is 2.37 bits per heavy atom. The monoisotopic (exact) mass is 479 g/mol. The third-order valence-electron chi connectivity index (χ3n) is 6.32. The minimum atomic E-state index is -0.107. The molecule has 0 saturated heterocycles. The van der Waals surface area contributed by atoms with Crippen molar-refractivity contribution in [2.24, 2.45) is 0 Å². The molecule has 5 heteroatoms. The summed E-state index contributed by atoms with van der Waals surface area (Å²) in [6.07, 6.45) is 1.80. The van der Waals surface area contributed by atoms with Crippen molar-refractivity contribution in [3.05, 3.63) is 124 Å². The number of hydrogen-bond donors (Lipinski definition) is 0. The highest BCUT2D eigenvalue weighted by atomic mass is 35.5. The molecule has 0 saturated carbocycles. The number of Topliss-reactive ketones (excluding diaryl/α,β-unsaturated/α-hetero) is 1. The van der Waals surface area contributed by atoms with Gasteiger partial charge in [-0.15, -0.1) is 0 Å². The van der Waals surface area contributed by atoms with Crippen LogP contribution in [0.5, 0.6) is 11.5 Å². The van der Waals surface area contributed by atoms with Gasteiger partial charge in [0.2, 0.25) is 5.78 Å². The summed E-state index contributed by atoms with van der Waals surface area (Å²) >= 11 is 6.01. The van der Waals surface area contributed by atoms with Gasteiger partial charge in [0.25, 0.3) is 0 Å². The minimum absolute atomic E-state index is 0.107. The van der Waals surface area contributed by atoms with Crippen LogP contribution in [-0.4, -0.2) is 17.4 Å². The van der Waals surface area contributed by atoms with Crippen LogP contribution in [0.4, 0.5) is 0 Å². The quantitative estimate of drug-likeness (QED) is 0.296. The van der Waals surface area contributed by atoms with E-state index in [2.05, 4.69) is 29.2 Å². The molecule has 2 aliphatic heterocycles. The fraction of sp³-hybridized carbons (Fsp3) is 0.100. The summed E-state index contributed by atoms with van der Waals surface area (Å²) in [5, 5.41) is 0.716. The van der Waals surface area contributed by atoms with Gasteiger partial charge in [-0.3, -0.25) is 9.69 Å². The van der Waals surface area contributed by atoms with E-state index in [0.717, 1.165) is 33.6 Å². The largest absolute Gasteiger partial charge is 0.478 e. The summed E-state index contributed by atoms with van der Waals surface area (Å²) in [4.78, 5) is 15.3. The number of halogens is 1. The molecule has 35 heavy (non-hydrogen) atoms. The van der Waals surface area contributed by atoms with Crippen LogP contribution < -0.4 is 9.47 Å². The molecule has 2 heterocycles.